The number of carbonyl (C=O) groups is 2. The van der Waals surface area contributed by atoms with E-state index in [1.54, 1.807) is 0 Å². The van der Waals surface area contributed by atoms with Gasteiger partial charge in [-0.1, -0.05) is 46.0 Å². The van der Waals surface area contributed by atoms with E-state index in [0.29, 0.717) is 145 Å². The topological polar surface area (TPSA) is 145 Å². The molecule has 0 N–H and O–H groups in total. The largest absolute Gasteiger partial charge is 0.463 e. The molecule has 0 radical (unpaired) electrons. The minimum absolute atomic E-state index is 0.147. The molecule has 0 fully saturated rings. The molecule has 0 aromatic heterocycles. The number of carbonyl (C=O) groups excluding carboxylic acids is 2. The van der Waals surface area contributed by atoms with Crippen LogP contribution in [0.3, 0.4) is 0 Å². The van der Waals surface area contributed by atoms with Crippen molar-refractivity contribution in [2.45, 2.75) is 71.6 Å². The van der Waals surface area contributed by atoms with Crippen LogP contribution in [0, 0.1) is 0 Å². The van der Waals surface area contributed by atoms with Crippen LogP contribution in [0.4, 0.5) is 0 Å². The molecule has 0 aliphatic heterocycles. The Balaban J connectivity index is 3.11. The van der Waals surface area contributed by atoms with E-state index < -0.39 is 0 Å². The maximum Gasteiger partial charge on any atom is 0.305 e. The second kappa shape index (κ2) is 42.7. The molecular weight excluding hydrogens is 644 g/mol. The lowest BCUT2D eigenvalue weighted by Crippen LogP contribution is -2.16. The van der Waals surface area contributed by atoms with Crippen LogP contribution >= 0.6 is 0 Å². The molecule has 49 heavy (non-hydrogen) atoms. The lowest BCUT2D eigenvalue weighted by Gasteiger charge is -2.09. The molecule has 0 aliphatic carbocycles. The summed E-state index contributed by atoms with van der Waals surface area (Å²) in [5.41, 5.74) is 0. The summed E-state index contributed by atoms with van der Waals surface area (Å²) in [6.45, 7) is 14.1. The molecule has 14 nitrogen and oxygen atoms in total. The normalized spacial score (nSPS) is 11.3. The molecule has 0 rings (SSSR count). The maximum atomic E-state index is 11.7. The van der Waals surface area contributed by atoms with Crippen molar-refractivity contribution in [3.63, 3.8) is 0 Å². The molecule has 0 unspecified atom stereocenters. The average Bonchev–Trinajstić information content (AvgIpc) is 3.10. The molecule has 0 aromatic rings. The maximum absolute atomic E-state index is 11.7. The molecule has 0 heterocycles. The quantitative estimate of drug-likeness (QED) is 0.0668. The van der Waals surface area contributed by atoms with Crippen molar-refractivity contribution in [2.75, 3.05) is 145 Å². The molecule has 292 valence electrons. The van der Waals surface area contributed by atoms with Gasteiger partial charge in [-0.05, 0) is 12.8 Å². The van der Waals surface area contributed by atoms with Crippen LogP contribution in [-0.4, -0.2) is 157 Å². The molecule has 0 saturated carbocycles. The third-order valence-corrected chi connectivity index (χ3v) is 6.52. The number of esters is 2. The zero-order valence-electron chi connectivity index (χ0n) is 30.6. The fraction of sp³-hybridized carbons (Fsp3) is 0.943. The Morgan fingerprint density at radius 1 is 0.286 bits per heavy atom. The smallest absolute Gasteiger partial charge is 0.305 e. The third-order valence-electron chi connectivity index (χ3n) is 6.52. The van der Waals surface area contributed by atoms with Crippen LogP contribution in [0.1, 0.15) is 71.6 Å². The van der Waals surface area contributed by atoms with E-state index in [9.17, 15) is 9.59 Å². The molecule has 0 aliphatic rings. The average molecular weight is 713 g/mol. The van der Waals surface area contributed by atoms with Crippen molar-refractivity contribution in [3.05, 3.63) is 0 Å². The fourth-order valence-electron chi connectivity index (χ4n) is 3.91. The van der Waals surface area contributed by atoms with Crippen molar-refractivity contribution in [3.8, 4) is 0 Å². The first kappa shape index (κ1) is 47.5. The molecule has 0 saturated heterocycles. The minimum Gasteiger partial charge on any atom is -0.463 e. The summed E-state index contributed by atoms with van der Waals surface area (Å²) in [4.78, 5) is 22.9. The van der Waals surface area contributed by atoms with Crippen LogP contribution < -0.4 is 0 Å². The molecular formula is C35H68O14. The predicted molar refractivity (Wildman–Crippen MR) is 183 cm³/mol. The highest BCUT2D eigenvalue weighted by atomic mass is 16.6. The Kier molecular flexibility index (Phi) is 41.4. The second-order valence-corrected chi connectivity index (χ2v) is 10.8. The second-order valence-electron chi connectivity index (χ2n) is 10.8. The summed E-state index contributed by atoms with van der Waals surface area (Å²) in [5.74, 6) is -0.337. The zero-order valence-corrected chi connectivity index (χ0v) is 30.6. The highest BCUT2D eigenvalue weighted by molar-refractivity contribution is 5.69. The lowest BCUT2D eigenvalue weighted by molar-refractivity contribution is -0.146. The minimum atomic E-state index is -0.190. The van der Waals surface area contributed by atoms with Gasteiger partial charge in [0.2, 0.25) is 0 Å². The van der Waals surface area contributed by atoms with Gasteiger partial charge in [-0.25, -0.2) is 0 Å². The SMILES string of the molecule is CCCCCCCCC(=O)OCCOCCOCCOCCOCCOCCOCCOCCOCCOCCOCCOC(=O)CCC. The number of hydrogen-bond acceptors (Lipinski definition) is 14. The number of ether oxygens (including phenoxy) is 12. The van der Waals surface area contributed by atoms with Crippen molar-refractivity contribution >= 4 is 11.9 Å². The van der Waals surface area contributed by atoms with Gasteiger partial charge >= 0.3 is 11.9 Å². The molecule has 0 aromatic carbocycles. The molecule has 0 bridgehead atoms. The van der Waals surface area contributed by atoms with E-state index in [0.717, 1.165) is 19.3 Å². The molecule has 0 amide bonds. The van der Waals surface area contributed by atoms with Gasteiger partial charge < -0.3 is 56.8 Å². The van der Waals surface area contributed by atoms with Gasteiger partial charge in [0.25, 0.3) is 0 Å². The van der Waals surface area contributed by atoms with E-state index in [2.05, 4.69) is 6.92 Å². The summed E-state index contributed by atoms with van der Waals surface area (Å²) in [6.07, 6.45) is 8.63. The monoisotopic (exact) mass is 712 g/mol. The van der Waals surface area contributed by atoms with Crippen molar-refractivity contribution in [1.29, 1.82) is 0 Å². The highest BCUT2D eigenvalue weighted by Gasteiger charge is 2.03. The van der Waals surface area contributed by atoms with Gasteiger partial charge in [0.05, 0.1) is 132 Å². The molecule has 14 heteroatoms. The van der Waals surface area contributed by atoms with Crippen LogP contribution in [-0.2, 0) is 66.4 Å². The van der Waals surface area contributed by atoms with Crippen LogP contribution in [0.2, 0.25) is 0 Å². The molecule has 0 spiro atoms. The van der Waals surface area contributed by atoms with Crippen molar-refractivity contribution in [2.24, 2.45) is 0 Å². The van der Waals surface area contributed by atoms with Crippen molar-refractivity contribution in [1.82, 2.24) is 0 Å². The Labute approximate surface area is 295 Å². The Morgan fingerprint density at radius 2 is 0.531 bits per heavy atom. The van der Waals surface area contributed by atoms with Gasteiger partial charge in [-0.3, -0.25) is 9.59 Å². The Morgan fingerprint density at radius 3 is 0.816 bits per heavy atom. The van der Waals surface area contributed by atoms with Crippen molar-refractivity contribution < 1.29 is 66.4 Å². The van der Waals surface area contributed by atoms with Gasteiger partial charge in [0, 0.05) is 12.8 Å². The first-order valence-corrected chi connectivity index (χ1v) is 18.3. The highest BCUT2D eigenvalue weighted by Crippen LogP contribution is 2.07. The van der Waals surface area contributed by atoms with E-state index in [-0.39, 0.29) is 25.2 Å². The van der Waals surface area contributed by atoms with Crippen LogP contribution in [0.15, 0.2) is 0 Å². The van der Waals surface area contributed by atoms with Crippen LogP contribution in [0.25, 0.3) is 0 Å². The number of hydrogen-bond donors (Lipinski definition) is 0. The summed E-state index contributed by atoms with van der Waals surface area (Å²) in [7, 11) is 0. The van der Waals surface area contributed by atoms with E-state index in [1.165, 1.54) is 25.7 Å². The van der Waals surface area contributed by atoms with Gasteiger partial charge in [0.15, 0.2) is 0 Å². The first-order valence-electron chi connectivity index (χ1n) is 18.3. The summed E-state index contributed by atoms with van der Waals surface area (Å²) in [5, 5.41) is 0. The van der Waals surface area contributed by atoms with E-state index in [1.807, 2.05) is 6.92 Å². The Hall–Kier alpha value is -1.46. The van der Waals surface area contributed by atoms with Crippen LogP contribution in [0.5, 0.6) is 0 Å². The summed E-state index contributed by atoms with van der Waals surface area (Å²) < 4.78 is 64.6. The van der Waals surface area contributed by atoms with E-state index in [4.69, 9.17) is 56.8 Å². The first-order chi connectivity index (χ1) is 24.2. The predicted octanol–water partition coefficient (Wildman–Crippen LogP) is 3.79. The standard InChI is InChI=1S/C35H68O14/c1-3-5-6-7-8-9-11-35(37)49-33-31-47-29-27-45-25-23-43-21-19-41-17-15-39-13-12-38-14-16-40-18-20-42-22-24-44-26-28-46-30-32-48-34(36)10-4-2/h3-33H2,1-2H3. The zero-order chi connectivity index (χ0) is 35.6. The molecule has 0 atom stereocenters. The summed E-state index contributed by atoms with van der Waals surface area (Å²) in [6, 6.07) is 0. The Bertz CT molecular complexity index is 670. The number of rotatable bonds is 42. The van der Waals surface area contributed by atoms with Gasteiger partial charge in [-0.2, -0.15) is 0 Å². The lowest BCUT2D eigenvalue weighted by atomic mass is 10.1. The fourth-order valence-corrected chi connectivity index (χ4v) is 3.91. The van der Waals surface area contributed by atoms with Gasteiger partial charge in [-0.15, -0.1) is 0 Å². The van der Waals surface area contributed by atoms with Gasteiger partial charge in [0.1, 0.15) is 13.2 Å². The van der Waals surface area contributed by atoms with E-state index >= 15 is 0 Å². The summed E-state index contributed by atoms with van der Waals surface area (Å²) >= 11 is 0. The number of unbranched alkanes of at least 4 members (excludes halogenated alkanes) is 5. The third kappa shape index (κ3) is 42.6.